The summed E-state index contributed by atoms with van der Waals surface area (Å²) in [7, 11) is 2.15. The zero-order valence-corrected chi connectivity index (χ0v) is 19.3. The number of alkyl halides is 3. The van der Waals surface area contributed by atoms with E-state index < -0.39 is 18.4 Å². The van der Waals surface area contributed by atoms with Crippen molar-refractivity contribution in [2.45, 2.75) is 32.2 Å². The predicted molar refractivity (Wildman–Crippen MR) is 117 cm³/mol. The molecule has 0 radical (unpaired) electrons. The van der Waals surface area contributed by atoms with E-state index in [9.17, 15) is 18.0 Å². The average molecular weight is 475 g/mol. The van der Waals surface area contributed by atoms with E-state index in [0.29, 0.717) is 43.2 Å². The molecule has 3 aliphatic heterocycles. The van der Waals surface area contributed by atoms with Gasteiger partial charge in [-0.2, -0.15) is 13.2 Å². The number of rotatable bonds is 4. The second-order valence-corrected chi connectivity index (χ2v) is 9.88. The van der Waals surface area contributed by atoms with Gasteiger partial charge in [0.05, 0.1) is 0 Å². The van der Waals surface area contributed by atoms with Crippen LogP contribution in [0.5, 0.6) is 0 Å². The molecule has 0 bridgehead atoms. The Morgan fingerprint density at radius 3 is 2.47 bits per heavy atom. The zero-order valence-electron chi connectivity index (χ0n) is 18.5. The van der Waals surface area contributed by atoms with Crippen molar-refractivity contribution in [3.8, 4) is 0 Å². The van der Waals surface area contributed by atoms with Gasteiger partial charge in [0, 0.05) is 75.0 Å². The minimum absolute atomic E-state index is 0.339. The molecule has 0 aromatic heterocycles. The van der Waals surface area contributed by atoms with Crippen LogP contribution in [-0.4, -0.2) is 92.5 Å². The quantitative estimate of drug-likeness (QED) is 0.665. The van der Waals surface area contributed by atoms with Gasteiger partial charge >= 0.3 is 12.3 Å². The molecule has 3 aliphatic rings. The van der Waals surface area contributed by atoms with Crippen molar-refractivity contribution in [1.82, 2.24) is 14.7 Å². The van der Waals surface area contributed by atoms with Crippen molar-refractivity contribution < 1.29 is 22.7 Å². The summed E-state index contributed by atoms with van der Waals surface area (Å²) >= 11 is 6.32. The first-order valence-corrected chi connectivity index (χ1v) is 11.4. The largest absolute Gasteiger partial charge is 0.437 e. The molecule has 6 nitrogen and oxygen atoms in total. The highest BCUT2D eigenvalue weighted by molar-refractivity contribution is 6.30. The van der Waals surface area contributed by atoms with Crippen molar-refractivity contribution in [2.75, 3.05) is 64.3 Å². The van der Waals surface area contributed by atoms with Crippen LogP contribution in [0, 0.1) is 5.41 Å². The minimum atomic E-state index is -4.55. The van der Waals surface area contributed by atoms with Crippen LogP contribution in [0.3, 0.4) is 0 Å². The van der Waals surface area contributed by atoms with E-state index in [-0.39, 0.29) is 0 Å². The summed E-state index contributed by atoms with van der Waals surface area (Å²) in [6.07, 6.45) is -6.38. The third-order valence-electron chi connectivity index (χ3n) is 6.80. The van der Waals surface area contributed by atoms with Gasteiger partial charge in [-0.25, -0.2) is 4.79 Å². The van der Waals surface area contributed by atoms with Crippen LogP contribution in [0.15, 0.2) is 18.2 Å². The summed E-state index contributed by atoms with van der Waals surface area (Å²) in [4.78, 5) is 20.4. The van der Waals surface area contributed by atoms with Gasteiger partial charge in [0.2, 0.25) is 0 Å². The summed E-state index contributed by atoms with van der Waals surface area (Å²) in [5.41, 5.74) is 2.72. The number of hydrogen-bond donors (Lipinski definition) is 0. The van der Waals surface area contributed by atoms with E-state index in [1.54, 1.807) is 0 Å². The van der Waals surface area contributed by atoms with Crippen molar-refractivity contribution in [2.24, 2.45) is 5.41 Å². The molecule has 178 valence electrons. The second-order valence-electron chi connectivity index (χ2n) is 9.45. The SMILES string of the molecule is CC(OC(=O)N1CCN(Cc2ccc(Cl)cc2N2CCC3(CN(C)C3)C2)CC1)C(F)(F)F. The maximum absolute atomic E-state index is 12.6. The van der Waals surface area contributed by atoms with Crippen molar-refractivity contribution in [1.29, 1.82) is 0 Å². The molecule has 1 aromatic carbocycles. The fraction of sp³-hybridized carbons (Fsp3) is 0.682. The number of likely N-dealkylation sites (tertiary alicyclic amines) is 1. The lowest BCUT2D eigenvalue weighted by Gasteiger charge is -2.46. The average Bonchev–Trinajstić information content (AvgIpc) is 3.14. The van der Waals surface area contributed by atoms with Crippen LogP contribution in [0.25, 0.3) is 0 Å². The van der Waals surface area contributed by atoms with Crippen molar-refractivity contribution in [3.05, 3.63) is 28.8 Å². The number of carbonyl (C=O) groups excluding carboxylic acids is 1. The number of piperazine rings is 1. The molecule has 0 aliphatic carbocycles. The van der Waals surface area contributed by atoms with Gasteiger partial charge < -0.3 is 19.4 Å². The third-order valence-corrected chi connectivity index (χ3v) is 7.04. The highest BCUT2D eigenvalue weighted by Gasteiger charge is 2.46. The maximum Gasteiger partial charge on any atom is 0.425 e. The number of carbonyl (C=O) groups is 1. The summed E-state index contributed by atoms with van der Waals surface area (Å²) in [6.45, 7) is 7.68. The molecule has 3 saturated heterocycles. The standard InChI is InChI=1S/C22H30ClF3N4O2/c1-16(22(24,25)26)32-20(31)29-9-7-28(8-10-29)12-17-3-4-18(23)11-19(17)30-6-5-21(15-30)13-27(2)14-21/h3-4,11,16H,5-10,12-15H2,1-2H3. The number of anilines is 1. The van der Waals surface area contributed by atoms with Crippen LogP contribution >= 0.6 is 11.6 Å². The topological polar surface area (TPSA) is 39.3 Å². The monoisotopic (exact) mass is 474 g/mol. The Morgan fingerprint density at radius 1 is 1.16 bits per heavy atom. The van der Waals surface area contributed by atoms with Gasteiger partial charge in [-0.05, 0) is 38.1 Å². The zero-order chi connectivity index (χ0) is 23.1. The number of benzene rings is 1. The van der Waals surface area contributed by atoms with E-state index in [1.165, 1.54) is 16.9 Å². The van der Waals surface area contributed by atoms with Crippen LogP contribution in [0.1, 0.15) is 18.9 Å². The molecule has 1 aromatic rings. The summed E-state index contributed by atoms with van der Waals surface area (Å²) in [6, 6.07) is 5.99. The van der Waals surface area contributed by atoms with E-state index in [1.807, 2.05) is 12.1 Å². The Bertz CT molecular complexity index is 839. The van der Waals surface area contributed by atoms with E-state index in [2.05, 4.69) is 32.6 Å². The molecule has 3 fully saturated rings. The highest BCUT2D eigenvalue weighted by atomic mass is 35.5. The molecule has 1 atom stereocenters. The van der Waals surface area contributed by atoms with Crippen LogP contribution in [0.4, 0.5) is 23.7 Å². The van der Waals surface area contributed by atoms with Gasteiger partial charge in [-0.3, -0.25) is 4.90 Å². The molecule has 1 amide bonds. The summed E-state index contributed by atoms with van der Waals surface area (Å²) in [5.74, 6) is 0. The first kappa shape index (κ1) is 23.4. The Kier molecular flexibility index (Phi) is 6.53. The Balaban J connectivity index is 1.34. The number of ether oxygens (including phenoxy) is 1. The lowest BCUT2D eigenvalue weighted by molar-refractivity contribution is -0.200. The summed E-state index contributed by atoms with van der Waals surface area (Å²) < 4.78 is 42.5. The number of hydrogen-bond acceptors (Lipinski definition) is 5. The minimum Gasteiger partial charge on any atom is -0.437 e. The Labute approximate surface area is 191 Å². The Hall–Kier alpha value is -1.71. The van der Waals surface area contributed by atoms with Crippen molar-refractivity contribution >= 4 is 23.4 Å². The maximum atomic E-state index is 12.6. The molecule has 32 heavy (non-hydrogen) atoms. The number of halogens is 4. The Morgan fingerprint density at radius 2 is 1.84 bits per heavy atom. The number of amides is 1. The molecule has 0 N–H and O–H groups in total. The first-order valence-electron chi connectivity index (χ1n) is 11.0. The highest BCUT2D eigenvalue weighted by Crippen LogP contribution is 2.41. The molecule has 4 rings (SSSR count). The fourth-order valence-corrected chi connectivity index (χ4v) is 5.25. The third kappa shape index (κ3) is 5.10. The fourth-order valence-electron chi connectivity index (χ4n) is 5.08. The van der Waals surface area contributed by atoms with Crippen LogP contribution in [0.2, 0.25) is 5.02 Å². The smallest absolute Gasteiger partial charge is 0.425 e. The predicted octanol–water partition coefficient (Wildman–Crippen LogP) is 3.69. The van der Waals surface area contributed by atoms with Crippen molar-refractivity contribution in [3.63, 3.8) is 0 Å². The van der Waals surface area contributed by atoms with E-state index in [4.69, 9.17) is 11.6 Å². The van der Waals surface area contributed by atoms with Gasteiger partial charge in [0.25, 0.3) is 0 Å². The number of nitrogens with zero attached hydrogens (tertiary/aromatic N) is 4. The van der Waals surface area contributed by atoms with Crippen LogP contribution < -0.4 is 4.90 Å². The molecular formula is C22H30ClF3N4O2. The lowest BCUT2D eigenvalue weighted by atomic mass is 9.79. The normalized spacial score (nSPS) is 22.8. The summed E-state index contributed by atoms with van der Waals surface area (Å²) in [5, 5.41) is 0.710. The van der Waals surface area contributed by atoms with E-state index in [0.717, 1.165) is 38.8 Å². The molecule has 0 saturated carbocycles. The molecule has 10 heteroatoms. The van der Waals surface area contributed by atoms with Gasteiger partial charge in [-0.15, -0.1) is 0 Å². The van der Waals surface area contributed by atoms with Gasteiger partial charge in [-0.1, -0.05) is 17.7 Å². The van der Waals surface area contributed by atoms with E-state index >= 15 is 0 Å². The molecule has 1 unspecified atom stereocenters. The lowest BCUT2D eigenvalue weighted by Crippen LogP contribution is -2.55. The van der Waals surface area contributed by atoms with Gasteiger partial charge in [0.15, 0.2) is 6.10 Å². The van der Waals surface area contributed by atoms with Crippen LogP contribution in [-0.2, 0) is 11.3 Å². The van der Waals surface area contributed by atoms with Gasteiger partial charge in [0.1, 0.15) is 0 Å². The second kappa shape index (κ2) is 8.91. The molecule has 1 spiro atoms. The molecule has 3 heterocycles. The molecular weight excluding hydrogens is 445 g/mol. The first-order chi connectivity index (χ1) is 15.0.